The fourth-order valence-corrected chi connectivity index (χ4v) is 5.03. The van der Waals surface area contributed by atoms with E-state index in [4.69, 9.17) is 0 Å². The Morgan fingerprint density at radius 2 is 1.44 bits per heavy atom. The highest BCUT2D eigenvalue weighted by molar-refractivity contribution is 5.94. The van der Waals surface area contributed by atoms with Gasteiger partial charge in [-0.3, -0.25) is 4.79 Å². The van der Waals surface area contributed by atoms with Gasteiger partial charge in [0.25, 0.3) is 5.91 Å². The summed E-state index contributed by atoms with van der Waals surface area (Å²) in [7, 11) is 0. The number of hydrogen-bond acceptors (Lipinski definition) is 2. The summed E-state index contributed by atoms with van der Waals surface area (Å²) in [6.45, 7) is 2.87. The Balaban J connectivity index is 1.60. The van der Waals surface area contributed by atoms with Crippen molar-refractivity contribution >= 4 is 5.91 Å². The molecule has 2 fully saturated rings. The fraction of sp³-hybridized carbons (Fsp3) is 0.480. The first-order valence-corrected chi connectivity index (χ1v) is 11.4. The smallest absolute Gasteiger partial charge is 0.338 e. The Hall–Kier alpha value is -2.55. The molecule has 0 aromatic heterocycles. The van der Waals surface area contributed by atoms with Crippen molar-refractivity contribution in [1.29, 1.82) is 0 Å². The van der Waals surface area contributed by atoms with E-state index >= 15 is 0 Å². The lowest BCUT2D eigenvalue weighted by Crippen LogP contribution is -2.36. The molecule has 2 aliphatic heterocycles. The van der Waals surface area contributed by atoms with Crippen molar-refractivity contribution in [3.63, 3.8) is 0 Å². The van der Waals surface area contributed by atoms with E-state index in [1.807, 2.05) is 0 Å². The zero-order valence-corrected chi connectivity index (χ0v) is 18.5. The Bertz CT molecular complexity index is 1010. The molecular formula is C25H26F6N2O. The van der Waals surface area contributed by atoms with Crippen molar-refractivity contribution in [2.75, 3.05) is 32.7 Å². The Kier molecular flexibility index (Phi) is 6.94. The summed E-state index contributed by atoms with van der Waals surface area (Å²) < 4.78 is 79.3. The van der Waals surface area contributed by atoms with Crippen LogP contribution in [0.2, 0.25) is 0 Å². The molecule has 0 spiro atoms. The van der Waals surface area contributed by atoms with Gasteiger partial charge >= 0.3 is 12.4 Å². The van der Waals surface area contributed by atoms with Gasteiger partial charge in [-0.15, -0.1) is 0 Å². The largest absolute Gasteiger partial charge is 0.416 e. The van der Waals surface area contributed by atoms with Crippen LogP contribution in [0.4, 0.5) is 26.3 Å². The zero-order chi connectivity index (χ0) is 24.5. The maximum Gasteiger partial charge on any atom is 0.416 e. The number of benzene rings is 2. The van der Waals surface area contributed by atoms with Crippen LogP contribution >= 0.6 is 0 Å². The Morgan fingerprint density at radius 1 is 0.824 bits per heavy atom. The molecule has 3 nitrogen and oxygen atoms in total. The molecule has 2 saturated heterocycles. The van der Waals surface area contributed by atoms with Crippen molar-refractivity contribution in [1.82, 2.24) is 9.80 Å². The van der Waals surface area contributed by atoms with Crippen LogP contribution in [0.1, 0.15) is 52.2 Å². The second-order valence-corrected chi connectivity index (χ2v) is 9.14. The van der Waals surface area contributed by atoms with Gasteiger partial charge in [-0.25, -0.2) is 0 Å². The van der Waals surface area contributed by atoms with E-state index in [1.54, 1.807) is 6.07 Å². The molecule has 9 heteroatoms. The molecule has 0 bridgehead atoms. The second-order valence-electron chi connectivity index (χ2n) is 9.14. The summed E-state index contributed by atoms with van der Waals surface area (Å²) >= 11 is 0. The summed E-state index contributed by atoms with van der Waals surface area (Å²) in [5, 5.41) is 0. The standard InChI is InChI=1S/C25H26F6N2O/c26-24(27,28)20-8-4-6-17(12-20)22-16-33(15-19(22)14-32-10-2-1-3-11-32)23(34)18-7-5-9-21(13-18)25(29,30)31/h4-9,12-13,19,22H,1-3,10-11,14-16H2. The molecule has 2 aromatic carbocycles. The van der Waals surface area contributed by atoms with E-state index in [1.165, 1.54) is 23.1 Å². The topological polar surface area (TPSA) is 23.6 Å². The van der Waals surface area contributed by atoms with E-state index in [9.17, 15) is 31.1 Å². The summed E-state index contributed by atoms with van der Waals surface area (Å²) in [5.41, 5.74) is -1.23. The average molecular weight is 484 g/mol. The van der Waals surface area contributed by atoms with Gasteiger partial charge in [0.2, 0.25) is 0 Å². The molecule has 184 valence electrons. The highest BCUT2D eigenvalue weighted by atomic mass is 19.4. The molecule has 1 amide bonds. The van der Waals surface area contributed by atoms with Crippen LogP contribution in [0.3, 0.4) is 0 Å². The normalized spacial score (nSPS) is 22.2. The highest BCUT2D eigenvalue weighted by Gasteiger charge is 2.39. The molecule has 2 heterocycles. The molecule has 2 aliphatic rings. The van der Waals surface area contributed by atoms with Crippen LogP contribution < -0.4 is 0 Å². The number of likely N-dealkylation sites (tertiary alicyclic amines) is 2. The molecule has 4 rings (SSSR count). The van der Waals surface area contributed by atoms with E-state index in [0.29, 0.717) is 12.1 Å². The van der Waals surface area contributed by atoms with Crippen LogP contribution in [-0.2, 0) is 12.4 Å². The molecule has 2 atom stereocenters. The first kappa shape index (κ1) is 24.6. The van der Waals surface area contributed by atoms with Gasteiger partial charge < -0.3 is 9.80 Å². The van der Waals surface area contributed by atoms with Gasteiger partial charge in [-0.2, -0.15) is 26.3 Å². The number of amides is 1. The summed E-state index contributed by atoms with van der Waals surface area (Å²) in [5.74, 6) is -0.987. The molecule has 0 saturated carbocycles. The Labute approximate surface area is 194 Å². The molecular weight excluding hydrogens is 458 g/mol. The lowest BCUT2D eigenvalue weighted by Gasteiger charge is -2.31. The average Bonchev–Trinajstić information content (AvgIpc) is 3.22. The van der Waals surface area contributed by atoms with Crippen LogP contribution in [0, 0.1) is 5.92 Å². The van der Waals surface area contributed by atoms with Crippen molar-refractivity contribution in [3.05, 3.63) is 70.8 Å². The number of nitrogens with zero attached hydrogens (tertiary/aromatic N) is 2. The molecule has 0 N–H and O–H groups in total. The molecule has 2 unspecified atom stereocenters. The van der Waals surface area contributed by atoms with Crippen LogP contribution in [0.15, 0.2) is 48.5 Å². The van der Waals surface area contributed by atoms with E-state index < -0.39 is 29.4 Å². The summed E-state index contributed by atoms with van der Waals surface area (Å²) in [6, 6.07) is 9.44. The fourth-order valence-electron chi connectivity index (χ4n) is 5.03. The van der Waals surface area contributed by atoms with Gasteiger partial charge in [0.15, 0.2) is 0 Å². The van der Waals surface area contributed by atoms with Gasteiger partial charge in [0.1, 0.15) is 0 Å². The number of alkyl halides is 6. The number of carbonyl (C=O) groups is 1. The van der Waals surface area contributed by atoms with Gasteiger partial charge in [-0.1, -0.05) is 30.7 Å². The van der Waals surface area contributed by atoms with Crippen LogP contribution in [-0.4, -0.2) is 48.4 Å². The number of hydrogen-bond donors (Lipinski definition) is 0. The SMILES string of the molecule is O=C(c1cccc(C(F)(F)F)c1)N1CC(CN2CCCCC2)C(c2cccc(C(F)(F)F)c2)C1. The van der Waals surface area contributed by atoms with Crippen molar-refractivity contribution in [2.24, 2.45) is 5.92 Å². The van der Waals surface area contributed by atoms with E-state index in [0.717, 1.165) is 56.6 Å². The van der Waals surface area contributed by atoms with E-state index in [2.05, 4.69) is 4.90 Å². The number of rotatable bonds is 4. The lowest BCUT2D eigenvalue weighted by molar-refractivity contribution is -0.138. The minimum atomic E-state index is -4.57. The van der Waals surface area contributed by atoms with Crippen LogP contribution in [0.25, 0.3) is 0 Å². The third-order valence-corrected chi connectivity index (χ3v) is 6.75. The first-order valence-electron chi connectivity index (χ1n) is 11.4. The van der Waals surface area contributed by atoms with Gasteiger partial charge in [0, 0.05) is 31.1 Å². The minimum Gasteiger partial charge on any atom is -0.338 e. The van der Waals surface area contributed by atoms with Crippen molar-refractivity contribution < 1.29 is 31.1 Å². The predicted octanol–water partition coefficient (Wildman–Crippen LogP) is 6.07. The van der Waals surface area contributed by atoms with Gasteiger partial charge in [-0.05, 0) is 61.7 Å². The highest BCUT2D eigenvalue weighted by Crippen LogP contribution is 2.38. The summed E-state index contributed by atoms with van der Waals surface area (Å²) in [6.07, 6.45) is -5.82. The molecule has 2 aromatic rings. The third kappa shape index (κ3) is 5.56. The molecule has 0 aliphatic carbocycles. The lowest BCUT2D eigenvalue weighted by atomic mass is 9.87. The second kappa shape index (κ2) is 9.60. The minimum absolute atomic E-state index is 0.0729. The molecule has 0 radical (unpaired) electrons. The van der Waals surface area contributed by atoms with E-state index in [-0.39, 0.29) is 30.5 Å². The summed E-state index contributed by atoms with van der Waals surface area (Å²) in [4.78, 5) is 16.9. The molecule has 34 heavy (non-hydrogen) atoms. The van der Waals surface area contributed by atoms with Crippen LogP contribution in [0.5, 0.6) is 0 Å². The van der Waals surface area contributed by atoms with Crippen molar-refractivity contribution in [2.45, 2.75) is 37.5 Å². The number of halogens is 6. The first-order chi connectivity index (χ1) is 16.0. The monoisotopic (exact) mass is 484 g/mol. The van der Waals surface area contributed by atoms with Crippen molar-refractivity contribution in [3.8, 4) is 0 Å². The third-order valence-electron chi connectivity index (χ3n) is 6.75. The maximum atomic E-state index is 13.3. The number of piperidine rings is 1. The predicted molar refractivity (Wildman–Crippen MR) is 115 cm³/mol. The number of carbonyl (C=O) groups excluding carboxylic acids is 1. The Morgan fingerprint density at radius 3 is 2.09 bits per heavy atom. The van der Waals surface area contributed by atoms with Gasteiger partial charge in [0.05, 0.1) is 11.1 Å². The quantitative estimate of drug-likeness (QED) is 0.492. The maximum absolute atomic E-state index is 13.3. The zero-order valence-electron chi connectivity index (χ0n) is 18.5.